The van der Waals surface area contributed by atoms with Crippen LogP contribution in [0.2, 0.25) is 0 Å². The van der Waals surface area contributed by atoms with E-state index in [0.717, 1.165) is 12.1 Å². The number of hydrogen-bond acceptors (Lipinski definition) is 1. The maximum absolute atomic E-state index is 13.2. The summed E-state index contributed by atoms with van der Waals surface area (Å²) in [7, 11) is 0. The predicted octanol–water partition coefficient (Wildman–Crippen LogP) is 2.62. The third-order valence-electron chi connectivity index (χ3n) is 1.89. The van der Waals surface area contributed by atoms with E-state index in [-0.39, 0.29) is 17.5 Å². The minimum absolute atomic E-state index is 0.00802. The van der Waals surface area contributed by atoms with Gasteiger partial charge in [0.15, 0.2) is 0 Å². The molecule has 1 unspecified atom stereocenters. The summed E-state index contributed by atoms with van der Waals surface area (Å²) in [5.41, 5.74) is 0.365. The zero-order valence-electron chi connectivity index (χ0n) is 7.56. The van der Waals surface area contributed by atoms with Crippen LogP contribution in [0.4, 0.5) is 8.78 Å². The van der Waals surface area contributed by atoms with Crippen molar-refractivity contribution in [3.05, 3.63) is 34.9 Å². The molecular formula is C10H9ClF2O. The van der Waals surface area contributed by atoms with Crippen molar-refractivity contribution in [1.29, 1.82) is 0 Å². The Hall–Kier alpha value is -0.960. The van der Waals surface area contributed by atoms with Crippen molar-refractivity contribution in [2.24, 2.45) is 0 Å². The largest absolute Gasteiger partial charge is 0.302 e. The Bertz CT molecular complexity index is 352. The molecule has 1 aromatic carbocycles. The van der Waals surface area contributed by atoms with E-state index in [2.05, 4.69) is 0 Å². The number of carbonyl (C=O) groups excluding carboxylic acids is 1. The van der Waals surface area contributed by atoms with Crippen LogP contribution in [0.15, 0.2) is 12.1 Å². The lowest BCUT2D eigenvalue weighted by Gasteiger charge is -2.05. The molecule has 0 saturated heterocycles. The highest BCUT2D eigenvalue weighted by Crippen LogP contribution is 2.16. The minimum atomic E-state index is -0.813. The number of halogens is 3. The lowest BCUT2D eigenvalue weighted by Crippen LogP contribution is -2.07. The van der Waals surface area contributed by atoms with Crippen molar-refractivity contribution in [3.8, 4) is 0 Å². The van der Waals surface area contributed by atoms with Gasteiger partial charge in [-0.25, -0.2) is 8.78 Å². The SMILES string of the molecule is Cc1cc(F)c(CC(Cl)C=O)cc1F. The molecule has 0 bridgehead atoms. The van der Waals surface area contributed by atoms with Crippen molar-refractivity contribution >= 4 is 17.9 Å². The van der Waals surface area contributed by atoms with Crippen molar-refractivity contribution in [1.82, 2.24) is 0 Å². The molecule has 0 aliphatic rings. The smallest absolute Gasteiger partial charge is 0.138 e. The van der Waals surface area contributed by atoms with Gasteiger partial charge in [0, 0.05) is 0 Å². The first-order chi connectivity index (χ1) is 6.54. The Kier molecular flexibility index (Phi) is 3.58. The number of carbonyl (C=O) groups is 1. The van der Waals surface area contributed by atoms with Gasteiger partial charge < -0.3 is 4.79 Å². The normalized spacial score (nSPS) is 12.6. The molecule has 14 heavy (non-hydrogen) atoms. The second-order valence-electron chi connectivity index (χ2n) is 3.05. The van der Waals surface area contributed by atoms with Crippen molar-refractivity contribution < 1.29 is 13.6 Å². The molecule has 0 saturated carbocycles. The van der Waals surface area contributed by atoms with E-state index < -0.39 is 17.0 Å². The molecule has 0 aliphatic heterocycles. The molecule has 0 spiro atoms. The zero-order valence-corrected chi connectivity index (χ0v) is 8.31. The van der Waals surface area contributed by atoms with Gasteiger partial charge in [-0.2, -0.15) is 0 Å². The summed E-state index contributed by atoms with van der Waals surface area (Å²) >= 11 is 5.51. The van der Waals surface area contributed by atoms with Crippen LogP contribution in [0.3, 0.4) is 0 Å². The number of hydrogen-bond donors (Lipinski definition) is 0. The van der Waals surface area contributed by atoms with E-state index in [0.29, 0.717) is 6.29 Å². The highest BCUT2D eigenvalue weighted by atomic mass is 35.5. The molecule has 0 aliphatic carbocycles. The molecule has 0 fully saturated rings. The van der Waals surface area contributed by atoms with E-state index >= 15 is 0 Å². The Morgan fingerprint density at radius 2 is 2.07 bits per heavy atom. The first kappa shape index (κ1) is 11.1. The third-order valence-corrected chi connectivity index (χ3v) is 2.15. The van der Waals surface area contributed by atoms with Gasteiger partial charge >= 0.3 is 0 Å². The van der Waals surface area contributed by atoms with Crippen molar-refractivity contribution in [2.75, 3.05) is 0 Å². The molecule has 1 rings (SSSR count). The van der Waals surface area contributed by atoms with Gasteiger partial charge in [-0.3, -0.25) is 0 Å². The predicted molar refractivity (Wildman–Crippen MR) is 50.5 cm³/mol. The van der Waals surface area contributed by atoms with Crippen LogP contribution in [-0.2, 0) is 11.2 Å². The molecule has 0 N–H and O–H groups in total. The Labute approximate surface area is 85.7 Å². The molecule has 1 atom stereocenters. The second kappa shape index (κ2) is 4.51. The van der Waals surface area contributed by atoms with Crippen molar-refractivity contribution in [3.63, 3.8) is 0 Å². The molecule has 1 aromatic rings. The fourth-order valence-electron chi connectivity index (χ4n) is 1.10. The zero-order chi connectivity index (χ0) is 10.7. The van der Waals surface area contributed by atoms with Crippen LogP contribution in [0.5, 0.6) is 0 Å². The molecule has 0 radical (unpaired) electrons. The molecule has 4 heteroatoms. The number of aryl methyl sites for hydroxylation is 1. The molecular weight excluding hydrogens is 210 g/mol. The van der Waals surface area contributed by atoms with Crippen LogP contribution in [-0.4, -0.2) is 11.7 Å². The van der Waals surface area contributed by atoms with Gasteiger partial charge in [0.25, 0.3) is 0 Å². The van der Waals surface area contributed by atoms with Gasteiger partial charge in [0.2, 0.25) is 0 Å². The van der Waals surface area contributed by atoms with Crippen molar-refractivity contribution in [2.45, 2.75) is 18.7 Å². The highest BCUT2D eigenvalue weighted by molar-refractivity contribution is 6.27. The first-order valence-electron chi connectivity index (χ1n) is 4.08. The maximum atomic E-state index is 13.2. The Morgan fingerprint density at radius 1 is 1.43 bits per heavy atom. The quantitative estimate of drug-likeness (QED) is 0.563. The molecule has 0 heterocycles. The van der Waals surface area contributed by atoms with Gasteiger partial charge in [-0.05, 0) is 36.6 Å². The van der Waals surface area contributed by atoms with Gasteiger partial charge in [-0.15, -0.1) is 11.6 Å². The van der Waals surface area contributed by atoms with Crippen LogP contribution < -0.4 is 0 Å². The fourth-order valence-corrected chi connectivity index (χ4v) is 1.27. The number of benzene rings is 1. The summed E-state index contributed by atoms with van der Waals surface area (Å²) in [5, 5.41) is -0.813. The topological polar surface area (TPSA) is 17.1 Å². The summed E-state index contributed by atoms with van der Waals surface area (Å²) in [5.74, 6) is -1.02. The maximum Gasteiger partial charge on any atom is 0.138 e. The fraction of sp³-hybridized carbons (Fsp3) is 0.300. The molecule has 1 nitrogen and oxygen atoms in total. The van der Waals surface area contributed by atoms with Gasteiger partial charge in [-0.1, -0.05) is 0 Å². The number of aldehydes is 1. The van der Waals surface area contributed by atoms with Gasteiger partial charge in [0.1, 0.15) is 17.9 Å². The summed E-state index contributed by atoms with van der Waals surface area (Å²) in [6, 6.07) is 2.17. The van der Waals surface area contributed by atoms with Crippen LogP contribution in [0, 0.1) is 18.6 Å². The Balaban J connectivity index is 2.97. The van der Waals surface area contributed by atoms with E-state index in [1.807, 2.05) is 0 Å². The average Bonchev–Trinajstić information content (AvgIpc) is 2.14. The second-order valence-corrected chi connectivity index (χ2v) is 3.61. The highest BCUT2D eigenvalue weighted by Gasteiger charge is 2.11. The average molecular weight is 219 g/mol. The van der Waals surface area contributed by atoms with Crippen LogP contribution in [0.25, 0.3) is 0 Å². The van der Waals surface area contributed by atoms with E-state index in [9.17, 15) is 13.6 Å². The minimum Gasteiger partial charge on any atom is -0.302 e. The van der Waals surface area contributed by atoms with Crippen LogP contribution in [0.1, 0.15) is 11.1 Å². The lowest BCUT2D eigenvalue weighted by molar-refractivity contribution is -0.107. The number of alkyl halides is 1. The monoisotopic (exact) mass is 218 g/mol. The molecule has 0 amide bonds. The molecule has 0 aromatic heterocycles. The van der Waals surface area contributed by atoms with E-state index in [1.54, 1.807) is 0 Å². The summed E-state index contributed by atoms with van der Waals surface area (Å²) in [4.78, 5) is 10.2. The van der Waals surface area contributed by atoms with E-state index in [1.165, 1.54) is 6.92 Å². The number of rotatable bonds is 3. The summed E-state index contributed by atoms with van der Waals surface area (Å²) in [6.45, 7) is 1.47. The van der Waals surface area contributed by atoms with Gasteiger partial charge in [0.05, 0.1) is 5.38 Å². The summed E-state index contributed by atoms with van der Waals surface area (Å²) < 4.78 is 26.2. The molecule has 76 valence electrons. The standard InChI is InChI=1S/C10H9ClF2O/c1-6-2-10(13)7(4-9(6)12)3-8(11)5-14/h2,4-5,8H,3H2,1H3. The Morgan fingerprint density at radius 3 is 2.64 bits per heavy atom. The first-order valence-corrected chi connectivity index (χ1v) is 4.52. The lowest BCUT2D eigenvalue weighted by atomic mass is 10.1. The van der Waals surface area contributed by atoms with Crippen LogP contribution >= 0.6 is 11.6 Å². The van der Waals surface area contributed by atoms with E-state index in [4.69, 9.17) is 11.6 Å². The summed E-state index contributed by atoms with van der Waals surface area (Å²) in [6.07, 6.45) is 0.507. The third kappa shape index (κ3) is 2.51.